The summed E-state index contributed by atoms with van der Waals surface area (Å²) in [6.45, 7) is 0.357. The molecule has 1 aromatic carbocycles. The molecular weight excluding hydrogens is 218 g/mol. The normalized spacial score (nSPS) is 14.2. The molecule has 0 spiro atoms. The molecule has 92 valence electrons. The van der Waals surface area contributed by atoms with Gasteiger partial charge in [0.05, 0.1) is 12.8 Å². The van der Waals surface area contributed by atoms with E-state index in [0.29, 0.717) is 24.0 Å². The number of hydrogen-bond donors (Lipinski definition) is 3. The van der Waals surface area contributed by atoms with Crippen LogP contribution in [0.1, 0.15) is 18.4 Å². The Bertz CT molecular complexity index is 394. The first kappa shape index (κ1) is 11.7. The molecule has 2 rings (SSSR count). The highest BCUT2D eigenvalue weighted by Crippen LogP contribution is 2.28. The summed E-state index contributed by atoms with van der Waals surface area (Å²) in [5.41, 5.74) is 7.14. The Morgan fingerprint density at radius 1 is 1.53 bits per heavy atom. The van der Waals surface area contributed by atoms with Crippen molar-refractivity contribution in [2.45, 2.75) is 25.4 Å². The molecule has 0 aromatic heterocycles. The molecule has 0 unspecified atom stereocenters. The molecule has 1 aliphatic rings. The first-order chi connectivity index (χ1) is 8.24. The van der Waals surface area contributed by atoms with Crippen LogP contribution in [0.5, 0.6) is 5.75 Å². The van der Waals surface area contributed by atoms with Gasteiger partial charge in [0.15, 0.2) is 0 Å². The minimum atomic E-state index is -0.202. The highest BCUT2D eigenvalue weighted by atomic mass is 16.5. The molecule has 0 atom stereocenters. The summed E-state index contributed by atoms with van der Waals surface area (Å²) in [6, 6.07) is 5.64. The average molecular weight is 235 g/mol. The quantitative estimate of drug-likeness (QED) is 0.739. The molecule has 1 fully saturated rings. The third-order valence-electron chi connectivity index (χ3n) is 2.70. The van der Waals surface area contributed by atoms with E-state index in [0.717, 1.165) is 18.4 Å². The molecule has 1 aliphatic carbocycles. The lowest BCUT2D eigenvalue weighted by atomic mass is 10.1. The van der Waals surface area contributed by atoms with E-state index >= 15 is 0 Å². The van der Waals surface area contributed by atoms with E-state index in [-0.39, 0.29) is 6.03 Å². The van der Waals surface area contributed by atoms with Gasteiger partial charge >= 0.3 is 6.03 Å². The van der Waals surface area contributed by atoms with Crippen LogP contribution in [0.4, 0.5) is 10.5 Å². The molecule has 5 heteroatoms. The standard InChI is InChI=1S/C12H17N3O2/c1-17-10-4-2-3-8(7-13)11(10)15-12(16)14-9-5-6-9/h2-4,9H,5-7,13H2,1H3,(H2,14,15,16). The predicted octanol–water partition coefficient (Wildman–Crippen LogP) is 1.44. The minimum Gasteiger partial charge on any atom is -0.495 e. The molecule has 5 nitrogen and oxygen atoms in total. The fraction of sp³-hybridized carbons (Fsp3) is 0.417. The van der Waals surface area contributed by atoms with Crippen molar-refractivity contribution in [3.8, 4) is 5.75 Å². The van der Waals surface area contributed by atoms with Crippen LogP contribution in [-0.4, -0.2) is 19.2 Å². The maximum Gasteiger partial charge on any atom is 0.319 e. The lowest BCUT2D eigenvalue weighted by Gasteiger charge is -2.14. The van der Waals surface area contributed by atoms with Crippen molar-refractivity contribution >= 4 is 11.7 Å². The molecule has 0 bridgehead atoms. The number of hydrogen-bond acceptors (Lipinski definition) is 3. The fourth-order valence-electron chi connectivity index (χ4n) is 1.62. The van der Waals surface area contributed by atoms with Crippen molar-refractivity contribution in [3.05, 3.63) is 23.8 Å². The monoisotopic (exact) mass is 235 g/mol. The van der Waals surface area contributed by atoms with E-state index in [4.69, 9.17) is 10.5 Å². The van der Waals surface area contributed by atoms with E-state index in [1.54, 1.807) is 13.2 Å². The Hall–Kier alpha value is -1.75. The SMILES string of the molecule is COc1cccc(CN)c1NC(=O)NC1CC1. The van der Waals surface area contributed by atoms with Gasteiger partial charge in [-0.1, -0.05) is 12.1 Å². The van der Waals surface area contributed by atoms with Crippen LogP contribution in [0.15, 0.2) is 18.2 Å². The van der Waals surface area contributed by atoms with Crippen LogP contribution in [0.3, 0.4) is 0 Å². The minimum absolute atomic E-state index is 0.202. The molecule has 2 amide bonds. The van der Waals surface area contributed by atoms with Crippen molar-refractivity contribution in [3.63, 3.8) is 0 Å². The van der Waals surface area contributed by atoms with Crippen molar-refractivity contribution in [2.75, 3.05) is 12.4 Å². The summed E-state index contributed by atoms with van der Waals surface area (Å²) in [7, 11) is 1.57. The molecule has 0 heterocycles. The Kier molecular flexibility index (Phi) is 3.49. The number of carbonyl (C=O) groups is 1. The van der Waals surface area contributed by atoms with Crippen LogP contribution in [0.25, 0.3) is 0 Å². The molecular formula is C12H17N3O2. The first-order valence-electron chi connectivity index (χ1n) is 5.68. The lowest BCUT2D eigenvalue weighted by molar-refractivity contribution is 0.251. The maximum atomic E-state index is 11.7. The smallest absolute Gasteiger partial charge is 0.319 e. The van der Waals surface area contributed by atoms with Crippen LogP contribution in [0, 0.1) is 0 Å². The van der Waals surface area contributed by atoms with Crippen LogP contribution >= 0.6 is 0 Å². The summed E-state index contributed by atoms with van der Waals surface area (Å²) < 4.78 is 5.21. The van der Waals surface area contributed by atoms with Gasteiger partial charge in [-0.3, -0.25) is 0 Å². The number of nitrogens with one attached hydrogen (secondary N) is 2. The van der Waals surface area contributed by atoms with Crippen LogP contribution in [-0.2, 0) is 6.54 Å². The van der Waals surface area contributed by atoms with Crippen LogP contribution in [0.2, 0.25) is 0 Å². The van der Waals surface area contributed by atoms with E-state index in [2.05, 4.69) is 10.6 Å². The van der Waals surface area contributed by atoms with Gasteiger partial charge < -0.3 is 21.1 Å². The zero-order valence-electron chi connectivity index (χ0n) is 9.82. The number of anilines is 1. The fourth-order valence-corrected chi connectivity index (χ4v) is 1.62. The number of ether oxygens (including phenoxy) is 1. The summed E-state index contributed by atoms with van der Waals surface area (Å²) in [4.78, 5) is 11.7. The second kappa shape index (κ2) is 5.05. The topological polar surface area (TPSA) is 76.4 Å². The summed E-state index contributed by atoms with van der Waals surface area (Å²) in [5, 5.41) is 5.66. The Morgan fingerprint density at radius 2 is 2.29 bits per heavy atom. The molecule has 1 saturated carbocycles. The van der Waals surface area contributed by atoms with Gasteiger partial charge in [-0.05, 0) is 24.5 Å². The Balaban J connectivity index is 2.13. The highest BCUT2D eigenvalue weighted by Gasteiger charge is 2.23. The summed E-state index contributed by atoms with van der Waals surface area (Å²) in [6.07, 6.45) is 2.12. The Labute approximate surface area is 100 Å². The molecule has 0 radical (unpaired) electrons. The van der Waals surface area contributed by atoms with Crippen molar-refractivity contribution in [1.29, 1.82) is 0 Å². The third-order valence-corrected chi connectivity index (χ3v) is 2.70. The molecule has 17 heavy (non-hydrogen) atoms. The number of rotatable bonds is 4. The number of amides is 2. The van der Waals surface area contributed by atoms with Crippen molar-refractivity contribution in [2.24, 2.45) is 5.73 Å². The third kappa shape index (κ3) is 2.88. The maximum absolute atomic E-state index is 11.7. The van der Waals surface area contributed by atoms with Crippen molar-refractivity contribution < 1.29 is 9.53 Å². The van der Waals surface area contributed by atoms with Gasteiger partial charge in [0.25, 0.3) is 0 Å². The van der Waals surface area contributed by atoms with E-state index in [9.17, 15) is 4.79 Å². The number of urea groups is 1. The van der Waals surface area contributed by atoms with Gasteiger partial charge in [0.1, 0.15) is 5.75 Å². The predicted molar refractivity (Wildman–Crippen MR) is 66.1 cm³/mol. The van der Waals surface area contributed by atoms with E-state index < -0.39 is 0 Å². The molecule has 0 aliphatic heterocycles. The largest absolute Gasteiger partial charge is 0.495 e. The zero-order valence-corrected chi connectivity index (χ0v) is 9.82. The van der Waals surface area contributed by atoms with Crippen molar-refractivity contribution in [1.82, 2.24) is 5.32 Å². The van der Waals surface area contributed by atoms with Gasteiger partial charge in [0.2, 0.25) is 0 Å². The number of nitrogens with two attached hydrogens (primary N) is 1. The number of benzene rings is 1. The zero-order chi connectivity index (χ0) is 12.3. The second-order valence-electron chi connectivity index (χ2n) is 4.07. The lowest BCUT2D eigenvalue weighted by Crippen LogP contribution is -2.31. The summed E-state index contributed by atoms with van der Waals surface area (Å²) >= 11 is 0. The van der Waals surface area contributed by atoms with Gasteiger partial charge in [-0.2, -0.15) is 0 Å². The Morgan fingerprint density at radius 3 is 2.88 bits per heavy atom. The first-order valence-corrected chi connectivity index (χ1v) is 5.68. The molecule has 4 N–H and O–H groups in total. The number of methoxy groups -OCH3 is 1. The number of carbonyl (C=O) groups excluding carboxylic acids is 1. The van der Waals surface area contributed by atoms with E-state index in [1.807, 2.05) is 12.1 Å². The van der Waals surface area contributed by atoms with Gasteiger partial charge in [-0.25, -0.2) is 4.79 Å². The van der Waals surface area contributed by atoms with Gasteiger partial charge in [-0.15, -0.1) is 0 Å². The van der Waals surface area contributed by atoms with E-state index in [1.165, 1.54) is 0 Å². The highest BCUT2D eigenvalue weighted by molar-refractivity contribution is 5.92. The molecule has 1 aromatic rings. The summed E-state index contributed by atoms with van der Waals surface area (Å²) in [5.74, 6) is 0.624. The second-order valence-corrected chi connectivity index (χ2v) is 4.07. The molecule has 0 saturated heterocycles. The number of para-hydroxylation sites is 1. The van der Waals surface area contributed by atoms with Gasteiger partial charge in [0, 0.05) is 12.6 Å². The average Bonchev–Trinajstić information content (AvgIpc) is 3.13. The van der Waals surface area contributed by atoms with Crippen LogP contribution < -0.4 is 21.1 Å².